The third-order valence-corrected chi connectivity index (χ3v) is 6.30. The summed E-state index contributed by atoms with van der Waals surface area (Å²) < 4.78 is 11.7. The number of aryl methyl sites for hydroxylation is 1. The standard InChI is InChI=1S/C22H31BrO4/c1-15(8-6-9-17-12-20(23)26-14-17)18(25)13-19-21(3,4)10-7-11-22(19,5)27-16(2)24/h8,12,14,19H,6-7,9-11,13H2,1-5H3/b15-8+/t19-,22-/m1/s1. The van der Waals surface area contributed by atoms with E-state index in [0.717, 1.165) is 47.9 Å². The van der Waals surface area contributed by atoms with Crippen molar-refractivity contribution in [2.45, 2.75) is 78.7 Å². The van der Waals surface area contributed by atoms with Gasteiger partial charge >= 0.3 is 5.97 Å². The molecular weight excluding hydrogens is 408 g/mol. The summed E-state index contributed by atoms with van der Waals surface area (Å²) in [4.78, 5) is 24.5. The molecule has 1 aromatic heterocycles. The number of furan rings is 1. The maximum absolute atomic E-state index is 12.9. The topological polar surface area (TPSA) is 56.5 Å². The number of allylic oxidation sites excluding steroid dienone is 2. The molecule has 4 nitrogen and oxygen atoms in total. The maximum Gasteiger partial charge on any atom is 0.303 e. The zero-order valence-corrected chi connectivity index (χ0v) is 18.6. The molecule has 0 unspecified atom stereocenters. The highest BCUT2D eigenvalue weighted by Gasteiger charge is 2.49. The van der Waals surface area contributed by atoms with Gasteiger partial charge in [0, 0.05) is 19.3 Å². The largest absolute Gasteiger partial charge is 0.459 e. The van der Waals surface area contributed by atoms with Gasteiger partial charge in [0.25, 0.3) is 0 Å². The highest BCUT2D eigenvalue weighted by Crippen LogP contribution is 2.50. The Morgan fingerprint density at radius 1 is 1.30 bits per heavy atom. The van der Waals surface area contributed by atoms with Crippen molar-refractivity contribution in [3.8, 4) is 0 Å². The van der Waals surface area contributed by atoms with Crippen LogP contribution in [-0.2, 0) is 20.7 Å². The molecule has 27 heavy (non-hydrogen) atoms. The summed E-state index contributed by atoms with van der Waals surface area (Å²) in [6, 6.07) is 1.94. The van der Waals surface area contributed by atoms with Gasteiger partial charge in [-0.2, -0.15) is 0 Å². The molecule has 0 aliphatic heterocycles. The van der Waals surface area contributed by atoms with Crippen molar-refractivity contribution in [1.29, 1.82) is 0 Å². The number of halogens is 1. The molecule has 1 aliphatic carbocycles. The molecule has 2 rings (SSSR count). The van der Waals surface area contributed by atoms with Crippen LogP contribution in [0.4, 0.5) is 0 Å². The Balaban J connectivity index is 2.05. The monoisotopic (exact) mass is 438 g/mol. The Morgan fingerprint density at radius 3 is 2.59 bits per heavy atom. The quantitative estimate of drug-likeness (QED) is 0.385. The van der Waals surface area contributed by atoms with Gasteiger partial charge in [-0.05, 0) is 84.5 Å². The van der Waals surface area contributed by atoms with E-state index < -0.39 is 5.60 Å². The van der Waals surface area contributed by atoms with Crippen molar-refractivity contribution in [3.05, 3.63) is 34.2 Å². The van der Waals surface area contributed by atoms with Crippen molar-refractivity contribution in [2.24, 2.45) is 11.3 Å². The number of ether oxygens (including phenoxy) is 1. The Hall–Kier alpha value is -1.36. The molecule has 0 radical (unpaired) electrons. The number of rotatable bonds is 7. The van der Waals surface area contributed by atoms with Crippen LogP contribution in [0.2, 0.25) is 0 Å². The molecule has 0 N–H and O–H groups in total. The van der Waals surface area contributed by atoms with Crippen LogP contribution >= 0.6 is 15.9 Å². The lowest BCUT2D eigenvalue weighted by molar-refractivity contribution is -0.176. The van der Waals surface area contributed by atoms with Gasteiger partial charge < -0.3 is 9.15 Å². The molecule has 2 atom stereocenters. The fourth-order valence-corrected chi connectivity index (χ4v) is 4.79. The van der Waals surface area contributed by atoms with Crippen LogP contribution < -0.4 is 0 Å². The van der Waals surface area contributed by atoms with Gasteiger partial charge in [0.05, 0.1) is 6.26 Å². The smallest absolute Gasteiger partial charge is 0.303 e. The normalized spacial score (nSPS) is 25.3. The van der Waals surface area contributed by atoms with Crippen LogP contribution in [0.1, 0.15) is 72.3 Å². The zero-order valence-electron chi connectivity index (χ0n) is 17.1. The molecule has 0 aromatic carbocycles. The van der Waals surface area contributed by atoms with E-state index in [-0.39, 0.29) is 23.1 Å². The lowest BCUT2D eigenvalue weighted by Gasteiger charge is -2.49. The number of carbonyl (C=O) groups is 2. The maximum atomic E-state index is 12.9. The minimum atomic E-state index is -0.577. The van der Waals surface area contributed by atoms with Gasteiger partial charge in [-0.25, -0.2) is 0 Å². The van der Waals surface area contributed by atoms with Crippen LogP contribution in [-0.4, -0.2) is 17.4 Å². The molecule has 150 valence electrons. The first-order chi connectivity index (χ1) is 12.5. The average molecular weight is 439 g/mol. The van der Waals surface area contributed by atoms with Crippen molar-refractivity contribution in [2.75, 3.05) is 0 Å². The highest BCUT2D eigenvalue weighted by molar-refractivity contribution is 9.10. The van der Waals surface area contributed by atoms with Gasteiger partial charge in [-0.1, -0.05) is 19.9 Å². The van der Waals surface area contributed by atoms with Crippen LogP contribution in [0.15, 0.2) is 33.1 Å². The molecule has 0 amide bonds. The van der Waals surface area contributed by atoms with E-state index in [0.29, 0.717) is 6.42 Å². The minimum Gasteiger partial charge on any atom is -0.459 e. The van der Waals surface area contributed by atoms with Crippen LogP contribution in [0.25, 0.3) is 0 Å². The number of Topliss-reactive ketones (excluding diaryl/α,β-unsaturated/α-hetero) is 1. The van der Waals surface area contributed by atoms with E-state index in [4.69, 9.17) is 9.15 Å². The SMILES string of the molecule is CC(=O)O[C@]1(C)CCCC(C)(C)[C@H]1CC(=O)/C(C)=C/CCc1coc(Br)c1. The summed E-state index contributed by atoms with van der Waals surface area (Å²) in [5.41, 5.74) is 1.27. The summed E-state index contributed by atoms with van der Waals surface area (Å²) in [5, 5.41) is 0. The Labute approximate surface area is 170 Å². The van der Waals surface area contributed by atoms with Crippen molar-refractivity contribution in [3.63, 3.8) is 0 Å². The van der Waals surface area contributed by atoms with Crippen molar-refractivity contribution in [1.82, 2.24) is 0 Å². The van der Waals surface area contributed by atoms with Crippen LogP contribution in [0, 0.1) is 11.3 Å². The fourth-order valence-electron chi connectivity index (χ4n) is 4.41. The summed E-state index contributed by atoms with van der Waals surface area (Å²) in [6.45, 7) is 9.68. The first-order valence-corrected chi connectivity index (χ1v) is 10.5. The molecule has 0 bridgehead atoms. The summed E-state index contributed by atoms with van der Waals surface area (Å²) in [6.07, 6.45) is 8.63. The summed E-state index contributed by atoms with van der Waals surface area (Å²) in [7, 11) is 0. The number of hydrogen-bond acceptors (Lipinski definition) is 4. The summed E-state index contributed by atoms with van der Waals surface area (Å²) >= 11 is 3.30. The van der Waals surface area contributed by atoms with Crippen LogP contribution in [0.5, 0.6) is 0 Å². The van der Waals surface area contributed by atoms with Gasteiger partial charge in [0.2, 0.25) is 0 Å². The third kappa shape index (κ3) is 5.81. The van der Waals surface area contributed by atoms with E-state index >= 15 is 0 Å². The molecule has 1 fully saturated rings. The molecule has 5 heteroatoms. The summed E-state index contributed by atoms with van der Waals surface area (Å²) in [5.74, 6) is -0.115. The van der Waals surface area contributed by atoms with E-state index in [9.17, 15) is 9.59 Å². The second-order valence-electron chi connectivity index (χ2n) is 8.61. The van der Waals surface area contributed by atoms with Crippen molar-refractivity contribution < 1.29 is 18.7 Å². The number of carbonyl (C=O) groups excluding carboxylic acids is 2. The van der Waals surface area contributed by atoms with Gasteiger partial charge in [-0.3, -0.25) is 9.59 Å². The Morgan fingerprint density at radius 2 is 2.00 bits per heavy atom. The molecule has 1 saturated carbocycles. The fraction of sp³-hybridized carbons (Fsp3) is 0.636. The zero-order chi connectivity index (χ0) is 20.2. The van der Waals surface area contributed by atoms with Crippen LogP contribution in [0.3, 0.4) is 0 Å². The van der Waals surface area contributed by atoms with Gasteiger partial charge in [-0.15, -0.1) is 0 Å². The second kappa shape index (κ2) is 8.76. The predicted octanol–water partition coefficient (Wildman–Crippen LogP) is 6.03. The highest BCUT2D eigenvalue weighted by atomic mass is 79.9. The first kappa shape index (κ1) is 21.9. The van der Waals surface area contributed by atoms with Crippen molar-refractivity contribution >= 4 is 27.7 Å². The number of esters is 1. The van der Waals surface area contributed by atoms with E-state index in [2.05, 4.69) is 29.8 Å². The molecule has 1 heterocycles. The predicted molar refractivity (Wildman–Crippen MR) is 109 cm³/mol. The molecule has 1 aliphatic rings. The molecule has 0 saturated heterocycles. The average Bonchev–Trinajstić information content (AvgIpc) is 2.95. The molecular formula is C22H31BrO4. The number of hydrogen-bond donors (Lipinski definition) is 0. The minimum absolute atomic E-state index is 0.0170. The van der Waals surface area contributed by atoms with Gasteiger partial charge in [0.15, 0.2) is 10.5 Å². The lowest BCUT2D eigenvalue weighted by atomic mass is 9.60. The van der Waals surface area contributed by atoms with E-state index in [1.54, 1.807) is 6.26 Å². The lowest BCUT2D eigenvalue weighted by Crippen LogP contribution is -2.50. The van der Waals surface area contributed by atoms with E-state index in [1.807, 2.05) is 26.0 Å². The first-order valence-electron chi connectivity index (χ1n) is 9.66. The second-order valence-corrected chi connectivity index (χ2v) is 9.39. The van der Waals surface area contributed by atoms with E-state index in [1.165, 1.54) is 6.92 Å². The Kier molecular flexibility index (Phi) is 7.12. The Bertz CT molecular complexity index is 716. The third-order valence-electron chi connectivity index (χ3n) is 5.89. The molecule has 1 aromatic rings. The van der Waals surface area contributed by atoms with Gasteiger partial charge in [0.1, 0.15) is 5.60 Å². The number of ketones is 1. The molecule has 0 spiro atoms.